The lowest BCUT2D eigenvalue weighted by Gasteiger charge is -2.23. The predicted octanol–water partition coefficient (Wildman–Crippen LogP) is 5.32. The predicted molar refractivity (Wildman–Crippen MR) is 145 cm³/mol. The van der Waals surface area contributed by atoms with Gasteiger partial charge in [-0.3, -0.25) is 19.9 Å². The van der Waals surface area contributed by atoms with Crippen LogP contribution in [0.4, 0.5) is 16.2 Å². The van der Waals surface area contributed by atoms with Crippen molar-refractivity contribution in [3.63, 3.8) is 0 Å². The van der Waals surface area contributed by atoms with Crippen LogP contribution in [0.3, 0.4) is 0 Å². The highest BCUT2D eigenvalue weighted by molar-refractivity contribution is 6.09. The van der Waals surface area contributed by atoms with Crippen LogP contribution in [0.5, 0.6) is 0 Å². The van der Waals surface area contributed by atoms with E-state index < -0.39 is 11.7 Å². The van der Waals surface area contributed by atoms with Gasteiger partial charge in [-0.15, -0.1) is 0 Å². The fourth-order valence-electron chi connectivity index (χ4n) is 3.83. The first-order valence-electron chi connectivity index (χ1n) is 12.5. The van der Waals surface area contributed by atoms with Crippen LogP contribution in [0.1, 0.15) is 69.8 Å². The van der Waals surface area contributed by atoms with E-state index in [2.05, 4.69) is 20.6 Å². The Labute approximate surface area is 218 Å². The van der Waals surface area contributed by atoms with E-state index in [0.29, 0.717) is 41.2 Å². The van der Waals surface area contributed by atoms with Crippen LogP contribution in [0.25, 0.3) is 6.08 Å². The molecule has 2 aromatic rings. The number of amidine groups is 1. The summed E-state index contributed by atoms with van der Waals surface area (Å²) in [5.41, 5.74) is 1.99. The molecule has 2 N–H and O–H groups in total. The van der Waals surface area contributed by atoms with E-state index >= 15 is 0 Å². The van der Waals surface area contributed by atoms with Gasteiger partial charge < -0.3 is 15.0 Å². The van der Waals surface area contributed by atoms with Crippen LogP contribution in [-0.2, 0) is 9.53 Å². The standard InChI is InChI=1S/C28H35N5O4/c1-6-13-33(14-7-2)26(35)21-15-19-10-11-22(30-25(34)20-9-8-12-29-18-20)17-23(19)31-24(16-21)32-27(36)37-28(3,4)5/h8-12,15,17-18H,6-7,13-14,16H2,1-5H3,(H,30,34)(H,31,32,36). The molecule has 0 aliphatic carbocycles. The lowest BCUT2D eigenvalue weighted by molar-refractivity contribution is -0.127. The monoisotopic (exact) mass is 505 g/mol. The molecule has 0 bridgehead atoms. The van der Waals surface area contributed by atoms with E-state index in [1.165, 1.54) is 6.20 Å². The molecule has 0 radical (unpaired) electrons. The summed E-state index contributed by atoms with van der Waals surface area (Å²) in [5.74, 6) is -0.112. The van der Waals surface area contributed by atoms with E-state index in [1.54, 1.807) is 63.4 Å². The summed E-state index contributed by atoms with van der Waals surface area (Å²) in [6.07, 6.45) is 6.05. The molecule has 0 fully saturated rings. The molecular weight excluding hydrogens is 470 g/mol. The minimum Gasteiger partial charge on any atom is -0.444 e. The van der Waals surface area contributed by atoms with Crippen LogP contribution in [0.15, 0.2) is 53.3 Å². The van der Waals surface area contributed by atoms with Gasteiger partial charge in [-0.25, -0.2) is 9.79 Å². The maximum atomic E-state index is 13.5. The third-order valence-corrected chi connectivity index (χ3v) is 5.35. The number of fused-ring (bicyclic) bond motifs is 1. The highest BCUT2D eigenvalue weighted by Gasteiger charge is 2.24. The maximum absolute atomic E-state index is 13.5. The molecular formula is C28H35N5O4. The van der Waals surface area contributed by atoms with Gasteiger partial charge in [0, 0.05) is 48.7 Å². The summed E-state index contributed by atoms with van der Waals surface area (Å²) in [4.78, 5) is 49.1. The Bertz CT molecular complexity index is 1190. The molecule has 9 heteroatoms. The second-order valence-electron chi connectivity index (χ2n) is 9.79. The largest absolute Gasteiger partial charge is 0.444 e. The molecule has 3 amide bonds. The second-order valence-corrected chi connectivity index (χ2v) is 9.79. The van der Waals surface area contributed by atoms with E-state index in [4.69, 9.17) is 4.74 Å². The van der Waals surface area contributed by atoms with Crippen molar-refractivity contribution in [2.75, 3.05) is 18.4 Å². The molecule has 196 valence electrons. The third kappa shape index (κ3) is 7.99. The minimum absolute atomic E-state index is 0.0933. The number of aromatic nitrogens is 1. The zero-order valence-corrected chi connectivity index (χ0v) is 22.1. The zero-order chi connectivity index (χ0) is 27.0. The molecule has 1 aliphatic heterocycles. The Morgan fingerprint density at radius 1 is 1.05 bits per heavy atom. The van der Waals surface area contributed by atoms with Gasteiger partial charge in [0.05, 0.1) is 11.3 Å². The summed E-state index contributed by atoms with van der Waals surface area (Å²) in [7, 11) is 0. The van der Waals surface area contributed by atoms with Crippen LogP contribution >= 0.6 is 0 Å². The van der Waals surface area contributed by atoms with E-state index in [0.717, 1.165) is 12.8 Å². The van der Waals surface area contributed by atoms with E-state index in [-0.39, 0.29) is 24.1 Å². The van der Waals surface area contributed by atoms with E-state index in [1.807, 2.05) is 18.7 Å². The number of benzene rings is 1. The third-order valence-electron chi connectivity index (χ3n) is 5.35. The zero-order valence-electron chi connectivity index (χ0n) is 22.1. The first-order chi connectivity index (χ1) is 17.6. The fourth-order valence-corrected chi connectivity index (χ4v) is 3.83. The van der Waals surface area contributed by atoms with Crippen molar-refractivity contribution in [2.45, 2.75) is 59.5 Å². The number of alkyl carbamates (subject to hydrolysis) is 1. The number of nitrogens with one attached hydrogen (secondary N) is 2. The van der Waals surface area contributed by atoms with Gasteiger partial charge >= 0.3 is 6.09 Å². The Balaban J connectivity index is 1.96. The fraction of sp³-hybridized carbons (Fsp3) is 0.393. The van der Waals surface area contributed by atoms with Gasteiger partial charge in [0.15, 0.2) is 0 Å². The Hall–Kier alpha value is -4.01. The molecule has 0 unspecified atom stereocenters. The van der Waals surface area contributed by atoms with Crippen molar-refractivity contribution < 1.29 is 19.1 Å². The topological polar surface area (TPSA) is 113 Å². The van der Waals surface area contributed by atoms with E-state index in [9.17, 15) is 14.4 Å². The number of nitrogens with zero attached hydrogens (tertiary/aromatic N) is 3. The SMILES string of the molecule is CCCN(CCC)C(=O)C1=Cc2ccc(NC(=O)c3cccnc3)cc2N=C(NC(=O)OC(C)(C)C)C1. The number of ether oxygens (including phenoxy) is 1. The van der Waals surface area contributed by atoms with Crippen LogP contribution in [0, 0.1) is 0 Å². The molecule has 0 saturated heterocycles. The molecule has 0 atom stereocenters. The number of hydrogen-bond acceptors (Lipinski definition) is 6. The average molecular weight is 506 g/mol. The van der Waals surface area contributed by atoms with Crippen molar-refractivity contribution in [2.24, 2.45) is 4.99 Å². The van der Waals surface area contributed by atoms with Crippen molar-refractivity contribution in [1.82, 2.24) is 15.2 Å². The number of anilines is 1. The molecule has 1 aromatic carbocycles. The summed E-state index contributed by atoms with van der Waals surface area (Å²) in [5, 5.41) is 5.56. The molecule has 0 spiro atoms. The summed E-state index contributed by atoms with van der Waals surface area (Å²) in [6, 6.07) is 8.62. The number of rotatable bonds is 7. The molecule has 2 heterocycles. The number of pyridine rings is 1. The smallest absolute Gasteiger partial charge is 0.413 e. The van der Waals surface area contributed by atoms with Crippen molar-refractivity contribution in [3.05, 3.63) is 59.4 Å². The number of carbonyl (C=O) groups is 3. The molecule has 0 saturated carbocycles. The normalized spacial score (nSPS) is 12.9. The minimum atomic E-state index is -0.690. The quantitative estimate of drug-likeness (QED) is 0.528. The summed E-state index contributed by atoms with van der Waals surface area (Å²) < 4.78 is 5.41. The van der Waals surface area contributed by atoms with Gasteiger partial charge in [-0.1, -0.05) is 19.9 Å². The van der Waals surface area contributed by atoms with Gasteiger partial charge in [-0.2, -0.15) is 0 Å². The van der Waals surface area contributed by atoms with Crippen molar-refractivity contribution in [3.8, 4) is 0 Å². The van der Waals surface area contributed by atoms with Gasteiger partial charge in [0.1, 0.15) is 11.4 Å². The maximum Gasteiger partial charge on any atom is 0.413 e. The second kappa shape index (κ2) is 12.3. The molecule has 1 aromatic heterocycles. The molecule has 3 rings (SSSR count). The highest BCUT2D eigenvalue weighted by atomic mass is 16.6. The molecule has 37 heavy (non-hydrogen) atoms. The van der Waals surface area contributed by atoms with Gasteiger partial charge in [0.2, 0.25) is 5.91 Å². The Kier molecular flexibility index (Phi) is 9.16. The van der Waals surface area contributed by atoms with Crippen LogP contribution in [-0.4, -0.2) is 52.3 Å². The van der Waals surface area contributed by atoms with Crippen molar-refractivity contribution >= 4 is 41.2 Å². The lowest BCUT2D eigenvalue weighted by atomic mass is 10.1. The molecule has 9 nitrogen and oxygen atoms in total. The summed E-state index contributed by atoms with van der Waals surface area (Å²) in [6.45, 7) is 10.7. The van der Waals surface area contributed by atoms with Crippen LogP contribution < -0.4 is 10.6 Å². The Morgan fingerprint density at radius 3 is 2.41 bits per heavy atom. The Morgan fingerprint density at radius 2 is 1.78 bits per heavy atom. The first kappa shape index (κ1) is 27.6. The molecule has 1 aliphatic rings. The average Bonchev–Trinajstić information content (AvgIpc) is 3.01. The van der Waals surface area contributed by atoms with Crippen molar-refractivity contribution in [1.29, 1.82) is 0 Å². The number of aliphatic imine (C=N–C) groups is 1. The number of amides is 3. The lowest BCUT2D eigenvalue weighted by Crippen LogP contribution is -2.38. The van der Waals surface area contributed by atoms with Gasteiger partial charge in [-0.05, 0) is 64.0 Å². The van der Waals surface area contributed by atoms with Crippen LogP contribution in [0.2, 0.25) is 0 Å². The number of hydrogen-bond donors (Lipinski definition) is 2. The number of carbonyl (C=O) groups excluding carboxylic acids is 3. The van der Waals surface area contributed by atoms with Gasteiger partial charge in [0.25, 0.3) is 5.91 Å². The summed E-state index contributed by atoms with van der Waals surface area (Å²) >= 11 is 0. The highest BCUT2D eigenvalue weighted by Crippen LogP contribution is 2.30. The first-order valence-corrected chi connectivity index (χ1v) is 12.5.